The number of hydrogen-bond acceptors (Lipinski definition) is 5. The Kier molecular flexibility index (Phi) is 7.66. The fourth-order valence-corrected chi connectivity index (χ4v) is 2.27. The summed E-state index contributed by atoms with van der Waals surface area (Å²) in [6.07, 6.45) is 0.975. The highest BCUT2D eigenvalue weighted by molar-refractivity contribution is 7.86. The molecular weight excluding hydrogens is 322 g/mol. The van der Waals surface area contributed by atoms with Gasteiger partial charge in [-0.3, -0.25) is 9.35 Å². The zero-order valence-corrected chi connectivity index (χ0v) is 15.0. The Hall–Kier alpha value is -1.67. The molecule has 0 aliphatic heterocycles. The van der Waals surface area contributed by atoms with E-state index in [1.807, 2.05) is 0 Å². The summed E-state index contributed by atoms with van der Waals surface area (Å²) < 4.78 is 36.9. The minimum atomic E-state index is -4.43. The maximum absolute atomic E-state index is 11.9. The highest BCUT2D eigenvalue weighted by atomic mass is 32.2. The highest BCUT2D eigenvalue weighted by Gasteiger charge is 2.23. The molecule has 0 saturated carbocycles. The molecule has 0 heterocycles. The standard InChI is InChI=1S/C15H25NO6S/c1-10(2)14(18)22-8-7-12(23(19,20)21)9-11(3)13(17)16-15(4,5)6/h9,12H,1,7-8H2,2-6H3,(H,16,17)(H,19,20,21)/b11-9+. The maximum atomic E-state index is 11.9. The van der Waals surface area contributed by atoms with Gasteiger partial charge in [-0.05, 0) is 34.6 Å². The monoisotopic (exact) mass is 347 g/mol. The Morgan fingerprint density at radius 2 is 1.83 bits per heavy atom. The fraction of sp³-hybridized carbons (Fsp3) is 0.600. The average molecular weight is 347 g/mol. The van der Waals surface area contributed by atoms with E-state index in [1.165, 1.54) is 13.8 Å². The Bertz CT molecular complexity index is 598. The van der Waals surface area contributed by atoms with E-state index in [4.69, 9.17) is 4.74 Å². The molecule has 1 unspecified atom stereocenters. The molecule has 7 nitrogen and oxygen atoms in total. The molecule has 1 amide bonds. The van der Waals surface area contributed by atoms with Crippen LogP contribution in [0.5, 0.6) is 0 Å². The van der Waals surface area contributed by atoms with E-state index in [-0.39, 0.29) is 24.2 Å². The predicted molar refractivity (Wildman–Crippen MR) is 87.4 cm³/mol. The quantitative estimate of drug-likeness (QED) is 0.411. The van der Waals surface area contributed by atoms with Crippen molar-refractivity contribution in [3.63, 3.8) is 0 Å². The van der Waals surface area contributed by atoms with Gasteiger partial charge in [-0.15, -0.1) is 0 Å². The van der Waals surface area contributed by atoms with Crippen molar-refractivity contribution in [2.75, 3.05) is 6.61 Å². The third kappa shape index (κ3) is 9.14. The summed E-state index contributed by atoms with van der Waals surface area (Å²) in [6, 6.07) is 0. The Balaban J connectivity index is 5.00. The SMILES string of the molecule is C=C(C)C(=O)OCCC(/C=C(\C)C(=O)NC(C)(C)C)S(=O)(=O)O. The van der Waals surface area contributed by atoms with E-state index < -0.39 is 32.8 Å². The van der Waals surface area contributed by atoms with Gasteiger partial charge in [0.2, 0.25) is 5.91 Å². The van der Waals surface area contributed by atoms with Crippen LogP contribution in [0.1, 0.15) is 41.0 Å². The lowest BCUT2D eigenvalue weighted by Gasteiger charge is -2.21. The number of hydrogen-bond donors (Lipinski definition) is 2. The topological polar surface area (TPSA) is 110 Å². The normalized spacial score (nSPS) is 14.1. The van der Waals surface area contributed by atoms with E-state index >= 15 is 0 Å². The number of carbonyl (C=O) groups is 2. The molecule has 0 aliphatic rings. The molecule has 23 heavy (non-hydrogen) atoms. The van der Waals surface area contributed by atoms with E-state index in [9.17, 15) is 22.6 Å². The molecule has 0 radical (unpaired) electrons. The first-order chi connectivity index (χ1) is 10.2. The minimum absolute atomic E-state index is 0.147. The van der Waals surface area contributed by atoms with Gasteiger partial charge >= 0.3 is 5.97 Å². The van der Waals surface area contributed by atoms with Gasteiger partial charge < -0.3 is 10.1 Å². The van der Waals surface area contributed by atoms with E-state index in [2.05, 4.69) is 11.9 Å². The summed E-state index contributed by atoms with van der Waals surface area (Å²) in [5, 5.41) is 1.34. The Labute approximate surface area is 137 Å². The second kappa shape index (κ2) is 8.26. The van der Waals surface area contributed by atoms with Crippen LogP contribution in [0.25, 0.3) is 0 Å². The van der Waals surface area contributed by atoms with Gasteiger partial charge in [-0.25, -0.2) is 4.79 Å². The van der Waals surface area contributed by atoms with Crippen LogP contribution < -0.4 is 5.32 Å². The van der Waals surface area contributed by atoms with Crippen LogP contribution in [-0.4, -0.2) is 42.2 Å². The lowest BCUT2D eigenvalue weighted by Crippen LogP contribution is -2.41. The number of rotatable bonds is 7. The van der Waals surface area contributed by atoms with Crippen molar-refractivity contribution >= 4 is 22.0 Å². The molecule has 0 saturated heterocycles. The molecule has 0 rings (SSSR count). The minimum Gasteiger partial charge on any atom is -0.462 e. The lowest BCUT2D eigenvalue weighted by atomic mass is 10.1. The number of esters is 1. The van der Waals surface area contributed by atoms with Gasteiger partial charge in [0.25, 0.3) is 10.1 Å². The van der Waals surface area contributed by atoms with Gasteiger partial charge in [-0.2, -0.15) is 8.42 Å². The molecule has 0 aromatic heterocycles. The number of ether oxygens (including phenoxy) is 1. The molecule has 0 aromatic carbocycles. The molecule has 0 aliphatic carbocycles. The molecule has 0 fully saturated rings. The van der Waals surface area contributed by atoms with Crippen LogP contribution in [0, 0.1) is 0 Å². The van der Waals surface area contributed by atoms with Gasteiger partial charge in [0, 0.05) is 23.1 Å². The molecule has 0 spiro atoms. The van der Waals surface area contributed by atoms with Gasteiger partial charge in [-0.1, -0.05) is 12.7 Å². The first kappa shape index (κ1) is 21.3. The summed E-state index contributed by atoms with van der Waals surface area (Å²) in [7, 11) is -4.43. The lowest BCUT2D eigenvalue weighted by molar-refractivity contribution is -0.139. The number of nitrogens with one attached hydrogen (secondary N) is 1. The zero-order valence-electron chi connectivity index (χ0n) is 14.2. The van der Waals surface area contributed by atoms with E-state index in [0.29, 0.717) is 0 Å². The zero-order chi connectivity index (χ0) is 18.4. The Morgan fingerprint density at radius 3 is 2.22 bits per heavy atom. The van der Waals surface area contributed by atoms with Crippen molar-refractivity contribution in [3.05, 3.63) is 23.8 Å². The second-order valence-electron chi connectivity index (χ2n) is 6.31. The number of amides is 1. The summed E-state index contributed by atoms with van der Waals surface area (Å²) in [6.45, 7) is 11.4. The van der Waals surface area contributed by atoms with Crippen LogP contribution in [0.15, 0.2) is 23.8 Å². The highest BCUT2D eigenvalue weighted by Crippen LogP contribution is 2.11. The van der Waals surface area contributed by atoms with Crippen LogP contribution in [0.3, 0.4) is 0 Å². The summed E-state index contributed by atoms with van der Waals surface area (Å²) >= 11 is 0. The molecule has 1 atom stereocenters. The van der Waals surface area contributed by atoms with Crippen LogP contribution in [0.2, 0.25) is 0 Å². The first-order valence-electron chi connectivity index (χ1n) is 7.04. The van der Waals surface area contributed by atoms with Gasteiger partial charge in [0.15, 0.2) is 0 Å². The third-order valence-electron chi connectivity index (χ3n) is 2.65. The predicted octanol–water partition coefficient (Wildman–Crippen LogP) is 1.61. The summed E-state index contributed by atoms with van der Waals surface area (Å²) in [5.41, 5.74) is -0.144. The largest absolute Gasteiger partial charge is 0.462 e. The average Bonchev–Trinajstić information content (AvgIpc) is 2.33. The maximum Gasteiger partial charge on any atom is 0.333 e. The van der Waals surface area contributed by atoms with Crippen molar-refractivity contribution < 1.29 is 27.3 Å². The van der Waals surface area contributed by atoms with Crippen molar-refractivity contribution in [3.8, 4) is 0 Å². The first-order valence-corrected chi connectivity index (χ1v) is 8.54. The van der Waals surface area contributed by atoms with Gasteiger partial charge in [0.1, 0.15) is 5.25 Å². The molecule has 8 heteroatoms. The third-order valence-corrected chi connectivity index (χ3v) is 3.79. The van der Waals surface area contributed by atoms with Crippen molar-refractivity contribution in [2.45, 2.75) is 51.8 Å². The van der Waals surface area contributed by atoms with E-state index in [0.717, 1.165) is 6.08 Å². The molecule has 132 valence electrons. The van der Waals surface area contributed by atoms with Crippen molar-refractivity contribution in [1.29, 1.82) is 0 Å². The van der Waals surface area contributed by atoms with Crippen molar-refractivity contribution in [1.82, 2.24) is 5.32 Å². The molecule has 2 N–H and O–H groups in total. The van der Waals surface area contributed by atoms with Crippen LogP contribution in [0.4, 0.5) is 0 Å². The smallest absolute Gasteiger partial charge is 0.333 e. The summed E-state index contributed by atoms with van der Waals surface area (Å²) in [4.78, 5) is 23.2. The van der Waals surface area contributed by atoms with Crippen LogP contribution in [-0.2, 0) is 24.4 Å². The van der Waals surface area contributed by atoms with Gasteiger partial charge in [0.05, 0.1) is 6.61 Å². The fourth-order valence-electron chi connectivity index (χ4n) is 1.50. The van der Waals surface area contributed by atoms with E-state index in [1.54, 1.807) is 20.8 Å². The molecule has 0 bridgehead atoms. The Morgan fingerprint density at radius 1 is 1.30 bits per heavy atom. The van der Waals surface area contributed by atoms with Crippen molar-refractivity contribution in [2.24, 2.45) is 0 Å². The molecular formula is C15H25NO6S. The second-order valence-corrected chi connectivity index (χ2v) is 7.95. The summed E-state index contributed by atoms with van der Waals surface area (Å²) in [5.74, 6) is -1.09. The molecule has 0 aromatic rings. The van der Waals surface area contributed by atoms with Crippen LogP contribution >= 0.6 is 0 Å². The number of carbonyl (C=O) groups excluding carboxylic acids is 2.